The summed E-state index contributed by atoms with van der Waals surface area (Å²) in [5.41, 5.74) is 0.909. The van der Waals surface area contributed by atoms with Crippen molar-refractivity contribution in [3.05, 3.63) is 23.9 Å². The van der Waals surface area contributed by atoms with E-state index in [4.69, 9.17) is 4.74 Å². The Hall–Kier alpha value is -2.31. The first-order valence-electron chi connectivity index (χ1n) is 8.06. The lowest BCUT2D eigenvalue weighted by atomic mass is 10.2. The Labute approximate surface area is 136 Å². The van der Waals surface area contributed by atoms with E-state index in [-0.39, 0.29) is 11.9 Å². The van der Waals surface area contributed by atoms with Crippen LogP contribution in [0.5, 0.6) is 5.88 Å². The molecule has 0 aliphatic carbocycles. The van der Waals surface area contributed by atoms with Crippen LogP contribution in [-0.4, -0.2) is 48.1 Å². The molecule has 1 fully saturated rings. The Morgan fingerprint density at radius 2 is 2.09 bits per heavy atom. The number of rotatable bonds is 7. The molecule has 0 saturated carbocycles. The predicted octanol–water partition coefficient (Wildman–Crippen LogP) is 1.29. The molecule has 3 amide bonds. The molecule has 7 nitrogen and oxygen atoms in total. The average molecular weight is 320 g/mol. The highest BCUT2D eigenvalue weighted by atomic mass is 16.5. The fraction of sp³-hybridized carbons (Fsp3) is 0.562. The molecule has 1 aromatic heterocycles. The molecule has 0 radical (unpaired) electrons. The van der Waals surface area contributed by atoms with E-state index >= 15 is 0 Å². The van der Waals surface area contributed by atoms with E-state index in [9.17, 15) is 9.59 Å². The zero-order chi connectivity index (χ0) is 16.5. The van der Waals surface area contributed by atoms with E-state index in [1.54, 1.807) is 12.3 Å². The lowest BCUT2D eigenvalue weighted by molar-refractivity contribution is -0.129. The molecule has 1 aliphatic heterocycles. The number of nitrogens with one attached hydrogen (secondary N) is 2. The molecule has 1 saturated heterocycles. The number of ether oxygens (including phenoxy) is 1. The number of amides is 3. The van der Waals surface area contributed by atoms with E-state index in [1.807, 2.05) is 17.9 Å². The quantitative estimate of drug-likeness (QED) is 0.793. The minimum absolute atomic E-state index is 0.110. The number of hydrogen-bond donors (Lipinski definition) is 2. The van der Waals surface area contributed by atoms with Crippen LogP contribution in [0.2, 0.25) is 0 Å². The number of likely N-dealkylation sites (tertiary alicyclic amines) is 1. The molecule has 0 atom stereocenters. The third kappa shape index (κ3) is 5.77. The van der Waals surface area contributed by atoms with Crippen LogP contribution in [0.3, 0.4) is 0 Å². The number of aromatic nitrogens is 1. The molecular formula is C16H24N4O3. The Bertz CT molecular complexity index is 530. The minimum atomic E-state index is -0.283. The Kier molecular flexibility index (Phi) is 6.65. The van der Waals surface area contributed by atoms with Crippen molar-refractivity contribution in [1.29, 1.82) is 0 Å². The van der Waals surface area contributed by atoms with Gasteiger partial charge in [0.05, 0.1) is 6.61 Å². The van der Waals surface area contributed by atoms with Crippen molar-refractivity contribution in [2.24, 2.45) is 0 Å². The summed E-state index contributed by atoms with van der Waals surface area (Å²) >= 11 is 0. The number of pyridine rings is 1. The first kappa shape index (κ1) is 17.1. The zero-order valence-corrected chi connectivity index (χ0v) is 13.5. The van der Waals surface area contributed by atoms with E-state index in [0.29, 0.717) is 32.0 Å². The van der Waals surface area contributed by atoms with Gasteiger partial charge >= 0.3 is 6.03 Å². The Balaban J connectivity index is 1.64. The normalized spacial score (nSPS) is 13.7. The van der Waals surface area contributed by atoms with Gasteiger partial charge in [-0.3, -0.25) is 4.79 Å². The molecule has 7 heteroatoms. The molecule has 1 aromatic rings. The summed E-state index contributed by atoms with van der Waals surface area (Å²) in [6, 6.07) is 3.33. The van der Waals surface area contributed by atoms with Crippen molar-refractivity contribution in [2.45, 2.75) is 32.7 Å². The minimum Gasteiger partial charge on any atom is -0.478 e. The summed E-state index contributed by atoms with van der Waals surface area (Å²) in [6.45, 7) is 4.86. The molecular weight excluding hydrogens is 296 g/mol. The summed E-state index contributed by atoms with van der Waals surface area (Å²) in [4.78, 5) is 29.5. The van der Waals surface area contributed by atoms with Crippen LogP contribution in [0.15, 0.2) is 18.3 Å². The van der Waals surface area contributed by atoms with Gasteiger partial charge in [-0.05, 0) is 31.4 Å². The molecule has 0 aromatic carbocycles. The third-order valence-electron chi connectivity index (χ3n) is 3.63. The summed E-state index contributed by atoms with van der Waals surface area (Å²) in [5, 5.41) is 5.46. The molecule has 2 heterocycles. The molecule has 23 heavy (non-hydrogen) atoms. The van der Waals surface area contributed by atoms with Crippen LogP contribution >= 0.6 is 0 Å². The highest BCUT2D eigenvalue weighted by Crippen LogP contribution is 2.09. The number of hydrogen-bond acceptors (Lipinski definition) is 4. The molecule has 2 N–H and O–H groups in total. The fourth-order valence-electron chi connectivity index (χ4n) is 2.44. The molecule has 1 aliphatic rings. The van der Waals surface area contributed by atoms with Gasteiger partial charge in [0.2, 0.25) is 11.8 Å². The maximum absolute atomic E-state index is 11.8. The lowest BCUT2D eigenvalue weighted by Crippen LogP contribution is -2.38. The lowest BCUT2D eigenvalue weighted by Gasteiger charge is -2.15. The maximum Gasteiger partial charge on any atom is 0.315 e. The van der Waals surface area contributed by atoms with Gasteiger partial charge in [-0.15, -0.1) is 0 Å². The SMILES string of the molecule is CCOc1cc(CNC(=O)NCCC(=O)N2CCCC2)ccn1. The second kappa shape index (κ2) is 8.97. The Morgan fingerprint density at radius 3 is 2.83 bits per heavy atom. The smallest absolute Gasteiger partial charge is 0.315 e. The highest BCUT2D eigenvalue weighted by Gasteiger charge is 2.17. The van der Waals surface area contributed by atoms with Crippen molar-refractivity contribution in [3.8, 4) is 5.88 Å². The van der Waals surface area contributed by atoms with Gasteiger partial charge in [-0.1, -0.05) is 0 Å². The van der Waals surface area contributed by atoms with Gasteiger partial charge in [0.15, 0.2) is 0 Å². The van der Waals surface area contributed by atoms with E-state index in [1.165, 1.54) is 0 Å². The highest BCUT2D eigenvalue weighted by molar-refractivity contribution is 5.78. The predicted molar refractivity (Wildman–Crippen MR) is 86.1 cm³/mol. The van der Waals surface area contributed by atoms with Crippen LogP contribution in [0.25, 0.3) is 0 Å². The number of urea groups is 1. The summed E-state index contributed by atoms with van der Waals surface area (Å²) < 4.78 is 5.31. The average Bonchev–Trinajstić information content (AvgIpc) is 3.08. The van der Waals surface area contributed by atoms with Crippen molar-refractivity contribution >= 4 is 11.9 Å². The van der Waals surface area contributed by atoms with Crippen molar-refractivity contribution in [2.75, 3.05) is 26.2 Å². The standard InChI is InChI=1S/C16H24N4O3/c1-2-23-14-11-13(5-7-17-14)12-19-16(22)18-8-6-15(21)20-9-3-4-10-20/h5,7,11H,2-4,6,8-10,12H2,1H3,(H2,18,19,22). The van der Waals surface area contributed by atoms with E-state index < -0.39 is 0 Å². The third-order valence-corrected chi connectivity index (χ3v) is 3.63. The van der Waals surface area contributed by atoms with Crippen LogP contribution in [0, 0.1) is 0 Å². The second-order valence-electron chi connectivity index (χ2n) is 5.38. The van der Waals surface area contributed by atoms with Crippen molar-refractivity contribution in [1.82, 2.24) is 20.5 Å². The zero-order valence-electron chi connectivity index (χ0n) is 13.5. The van der Waals surface area contributed by atoms with Crippen LogP contribution in [0.4, 0.5) is 4.79 Å². The van der Waals surface area contributed by atoms with Gasteiger partial charge < -0.3 is 20.3 Å². The van der Waals surface area contributed by atoms with E-state index in [2.05, 4.69) is 15.6 Å². The molecule has 126 valence electrons. The van der Waals surface area contributed by atoms with E-state index in [0.717, 1.165) is 31.5 Å². The van der Waals surface area contributed by atoms with Crippen molar-refractivity contribution in [3.63, 3.8) is 0 Å². The van der Waals surface area contributed by atoms with Gasteiger partial charge in [0.1, 0.15) is 0 Å². The first-order valence-corrected chi connectivity index (χ1v) is 8.06. The van der Waals surface area contributed by atoms with Crippen LogP contribution in [0.1, 0.15) is 31.7 Å². The number of carbonyl (C=O) groups excluding carboxylic acids is 2. The van der Waals surface area contributed by atoms with Crippen LogP contribution in [-0.2, 0) is 11.3 Å². The second-order valence-corrected chi connectivity index (χ2v) is 5.38. The van der Waals surface area contributed by atoms with Crippen LogP contribution < -0.4 is 15.4 Å². The topological polar surface area (TPSA) is 83.6 Å². The maximum atomic E-state index is 11.8. The molecule has 2 rings (SSSR count). The number of nitrogens with zero attached hydrogens (tertiary/aromatic N) is 2. The van der Waals surface area contributed by atoms with Gasteiger partial charge in [-0.2, -0.15) is 0 Å². The fourth-order valence-corrected chi connectivity index (χ4v) is 2.44. The summed E-state index contributed by atoms with van der Waals surface area (Å²) in [5.74, 6) is 0.654. The van der Waals surface area contributed by atoms with Gasteiger partial charge in [0, 0.05) is 44.9 Å². The molecule has 0 unspecified atom stereocenters. The van der Waals surface area contributed by atoms with Gasteiger partial charge in [0.25, 0.3) is 0 Å². The van der Waals surface area contributed by atoms with Gasteiger partial charge in [-0.25, -0.2) is 9.78 Å². The van der Waals surface area contributed by atoms with Crippen molar-refractivity contribution < 1.29 is 14.3 Å². The molecule has 0 bridgehead atoms. The monoisotopic (exact) mass is 320 g/mol. The largest absolute Gasteiger partial charge is 0.478 e. The molecule has 0 spiro atoms. The number of carbonyl (C=O) groups is 2. The summed E-state index contributed by atoms with van der Waals surface area (Å²) in [7, 11) is 0. The Morgan fingerprint density at radius 1 is 1.30 bits per heavy atom. The first-order chi connectivity index (χ1) is 11.2. The summed E-state index contributed by atoms with van der Waals surface area (Å²) in [6.07, 6.45) is 4.15.